The first-order chi connectivity index (χ1) is 16.5. The number of benzene rings is 2. The third kappa shape index (κ3) is 11.7. The maximum Gasteiger partial charge on any atom is 2.00 e. The summed E-state index contributed by atoms with van der Waals surface area (Å²) in [5, 5.41) is 38.5. The van der Waals surface area contributed by atoms with Crippen LogP contribution in [0.2, 0.25) is 10.0 Å². The van der Waals surface area contributed by atoms with Gasteiger partial charge in [-0.25, -0.2) is 0 Å². The van der Waals surface area contributed by atoms with Crippen LogP contribution in [0.4, 0.5) is 0 Å². The van der Waals surface area contributed by atoms with Crippen molar-refractivity contribution in [2.75, 3.05) is 0 Å². The minimum absolute atomic E-state index is 0. The van der Waals surface area contributed by atoms with Gasteiger partial charge in [-0.15, -0.1) is 0 Å². The Balaban J connectivity index is 0.000000648. The van der Waals surface area contributed by atoms with Gasteiger partial charge in [0.05, 0.1) is 25.0 Å². The van der Waals surface area contributed by atoms with Crippen molar-refractivity contribution >= 4 is 47.4 Å². The van der Waals surface area contributed by atoms with Crippen LogP contribution in [0.1, 0.15) is 22.6 Å². The Morgan fingerprint density at radius 2 is 0.973 bits per heavy atom. The van der Waals surface area contributed by atoms with Crippen molar-refractivity contribution in [3.05, 3.63) is 118 Å². The number of hydrogen-bond donors (Lipinski definition) is 0. The van der Waals surface area contributed by atoms with Crippen LogP contribution in [0.25, 0.3) is 0 Å². The molecule has 0 saturated carbocycles. The molecule has 0 amide bonds. The summed E-state index contributed by atoms with van der Waals surface area (Å²) in [4.78, 5) is 0. The molecular weight excluding hydrogens is 570 g/mol. The number of rotatable bonds is 6. The monoisotopic (exact) mass is 590 g/mol. The molecule has 0 aliphatic carbocycles. The predicted octanol–water partition coefficient (Wildman–Crippen LogP) is 2.30. The normalized spacial score (nSPS) is 11.2. The van der Waals surface area contributed by atoms with Crippen LogP contribution < -0.4 is 10.2 Å². The van der Waals surface area contributed by atoms with E-state index in [0.717, 1.165) is 0 Å². The fraction of sp³-hybridized carbons (Fsp3) is 0. The number of halogens is 2. The molecule has 0 spiro atoms. The van der Waals surface area contributed by atoms with E-state index in [4.69, 9.17) is 32.0 Å². The third-order valence-electron chi connectivity index (χ3n) is 3.94. The van der Waals surface area contributed by atoms with Gasteiger partial charge >= 0.3 is 16.5 Å². The van der Waals surface area contributed by atoms with Gasteiger partial charge in [0.15, 0.2) is 0 Å². The van der Waals surface area contributed by atoms with Crippen molar-refractivity contribution in [3.8, 4) is 0 Å². The Labute approximate surface area is 231 Å². The molecule has 4 rings (SSSR count). The molecule has 0 saturated heterocycles. The molecule has 0 atom stereocenters. The summed E-state index contributed by atoms with van der Waals surface area (Å²) < 4.78 is 10.00. The summed E-state index contributed by atoms with van der Waals surface area (Å²) in [5.41, 5.74) is 0.872. The second-order valence-electron chi connectivity index (χ2n) is 6.34. The Morgan fingerprint density at radius 1 is 0.622 bits per heavy atom. The van der Waals surface area contributed by atoms with Gasteiger partial charge in [-0.3, -0.25) is 0 Å². The molecular formula is C24H22Cl2N4NiO6+2. The van der Waals surface area contributed by atoms with Gasteiger partial charge in [-0.2, -0.15) is 20.4 Å². The van der Waals surface area contributed by atoms with E-state index in [9.17, 15) is 10.2 Å². The van der Waals surface area contributed by atoms with Crippen LogP contribution in [0.15, 0.2) is 115 Å². The van der Waals surface area contributed by atoms with Crippen molar-refractivity contribution in [1.82, 2.24) is 0 Å². The molecule has 2 aromatic heterocycles. The van der Waals surface area contributed by atoms with Crippen LogP contribution in [0.3, 0.4) is 0 Å². The maximum absolute atomic E-state index is 11.5. The molecule has 13 heteroatoms. The van der Waals surface area contributed by atoms with Gasteiger partial charge in [-0.05, 0) is 59.7 Å². The molecule has 6 N–H and O–H groups in total. The fourth-order valence-corrected chi connectivity index (χ4v) is 2.56. The molecule has 0 bridgehead atoms. The van der Waals surface area contributed by atoms with Crippen LogP contribution in [-0.2, 0) is 27.4 Å². The van der Waals surface area contributed by atoms with E-state index in [1.807, 2.05) is 0 Å². The van der Waals surface area contributed by atoms with Crippen molar-refractivity contribution in [1.29, 1.82) is 0 Å². The maximum atomic E-state index is 11.5. The van der Waals surface area contributed by atoms with Gasteiger partial charge in [0.1, 0.15) is 11.5 Å². The van der Waals surface area contributed by atoms with Crippen molar-refractivity contribution in [3.63, 3.8) is 0 Å². The van der Waals surface area contributed by atoms with Gasteiger partial charge in [-0.1, -0.05) is 47.5 Å². The van der Waals surface area contributed by atoms with Gasteiger partial charge in [0.2, 0.25) is 0 Å². The van der Waals surface area contributed by atoms with E-state index in [0.29, 0.717) is 32.7 Å². The van der Waals surface area contributed by atoms with Crippen molar-refractivity contribution in [2.24, 2.45) is 20.4 Å². The minimum Gasteiger partial charge on any atom is -0.857 e. The van der Waals surface area contributed by atoms with Gasteiger partial charge in [0, 0.05) is 21.8 Å². The molecule has 10 nitrogen and oxygen atoms in total. The molecule has 0 aliphatic heterocycles. The molecule has 0 radical (unpaired) electrons. The van der Waals surface area contributed by atoms with Crippen molar-refractivity contribution < 1.29 is 46.5 Å². The topological polar surface area (TPSA) is 188 Å². The number of hydrogen-bond acceptors (Lipinski definition) is 8. The third-order valence-corrected chi connectivity index (χ3v) is 4.44. The standard InChI is InChI=1S/2C12H9ClN2O2.Ni.2H2O/c2*13-10-5-3-9(4-6-10)12(16)15-14-8-11-2-1-7-17-11;;;/h2*1-8H,(H,15,16);;2*1H2/q;;+2;;/b2*14-8-;;;. The summed E-state index contributed by atoms with van der Waals surface area (Å²) in [5.74, 6) is 0.226. The zero-order valence-corrected chi connectivity index (χ0v) is 21.4. The van der Waals surface area contributed by atoms with E-state index >= 15 is 0 Å². The second-order valence-corrected chi connectivity index (χ2v) is 7.22. The SMILES string of the molecule is [Ni+2].[O-]/C(=N\N=C/c1ccco1)c1ccc(Cl)cc1.[O-]/C(=N\N=C/c1ccco1)c1ccc(Cl)cc1.[OH3+].[OH3+]. The zero-order chi connectivity index (χ0) is 24.2. The summed E-state index contributed by atoms with van der Waals surface area (Å²) in [7, 11) is 0. The van der Waals surface area contributed by atoms with Crippen LogP contribution in [0, 0.1) is 0 Å². The molecule has 0 unspecified atom stereocenters. The molecule has 196 valence electrons. The smallest absolute Gasteiger partial charge is 0.857 e. The van der Waals surface area contributed by atoms with E-state index in [1.165, 1.54) is 25.0 Å². The quantitative estimate of drug-likeness (QED) is 0.109. The van der Waals surface area contributed by atoms with Crippen molar-refractivity contribution in [2.45, 2.75) is 0 Å². The average molecular weight is 592 g/mol. The molecule has 0 fully saturated rings. The zero-order valence-electron chi connectivity index (χ0n) is 18.9. The average Bonchev–Trinajstić information content (AvgIpc) is 3.55. The number of furan rings is 2. The number of nitrogens with zero attached hydrogens (tertiary/aromatic N) is 4. The Bertz CT molecular complexity index is 1170. The van der Waals surface area contributed by atoms with Crippen LogP contribution in [0.5, 0.6) is 0 Å². The predicted molar refractivity (Wildman–Crippen MR) is 138 cm³/mol. The van der Waals surface area contributed by atoms with E-state index in [1.54, 1.807) is 72.8 Å². The fourth-order valence-electron chi connectivity index (χ4n) is 2.31. The molecule has 37 heavy (non-hydrogen) atoms. The minimum atomic E-state index is -0.426. The Hall–Kier alpha value is -3.73. The second kappa shape index (κ2) is 17.7. The summed E-state index contributed by atoms with van der Waals surface area (Å²) in [6.07, 6.45) is 5.77. The summed E-state index contributed by atoms with van der Waals surface area (Å²) >= 11 is 11.4. The van der Waals surface area contributed by atoms with E-state index < -0.39 is 11.8 Å². The largest absolute Gasteiger partial charge is 2.00 e. The van der Waals surface area contributed by atoms with Crippen LogP contribution >= 0.6 is 23.2 Å². The summed E-state index contributed by atoms with van der Waals surface area (Å²) in [6.45, 7) is 0. The van der Waals surface area contributed by atoms with E-state index in [-0.39, 0.29) is 27.4 Å². The first-order valence-electron chi connectivity index (χ1n) is 9.66. The molecule has 2 aromatic carbocycles. The Morgan fingerprint density at radius 3 is 1.27 bits per heavy atom. The van der Waals surface area contributed by atoms with Gasteiger partial charge in [0.25, 0.3) is 0 Å². The molecule has 0 aliphatic rings. The first kappa shape index (κ1) is 33.3. The molecule has 4 aromatic rings. The summed E-state index contributed by atoms with van der Waals surface area (Å²) in [6, 6.07) is 19.8. The van der Waals surface area contributed by atoms with E-state index in [2.05, 4.69) is 20.4 Å². The first-order valence-corrected chi connectivity index (χ1v) is 10.4. The molecule has 2 heterocycles. The van der Waals surface area contributed by atoms with Gasteiger partial charge < -0.3 is 30.0 Å². The van der Waals surface area contributed by atoms with Crippen LogP contribution in [-0.4, -0.2) is 24.2 Å². The Kier molecular flexibility index (Phi) is 15.9.